The van der Waals surface area contributed by atoms with Crippen molar-refractivity contribution >= 4 is 5.91 Å². The van der Waals surface area contributed by atoms with Crippen LogP contribution in [0.5, 0.6) is 0 Å². The van der Waals surface area contributed by atoms with E-state index in [0.29, 0.717) is 12.3 Å². The monoisotopic (exact) mass is 350 g/mol. The number of aromatic nitrogens is 1. The first-order valence-electron chi connectivity index (χ1n) is 9.46. The molecule has 2 fully saturated rings. The maximum atomic E-state index is 13.0. The van der Waals surface area contributed by atoms with Gasteiger partial charge in [-0.05, 0) is 43.0 Å². The van der Waals surface area contributed by atoms with Gasteiger partial charge in [0.1, 0.15) is 0 Å². The Bertz CT molecular complexity index is 764. The van der Waals surface area contributed by atoms with Crippen LogP contribution in [0.3, 0.4) is 0 Å². The van der Waals surface area contributed by atoms with E-state index in [2.05, 4.69) is 51.9 Å². The number of rotatable bonds is 4. The molecule has 1 aromatic carbocycles. The Hall–Kier alpha value is -2.24. The Labute approximate surface area is 154 Å². The summed E-state index contributed by atoms with van der Waals surface area (Å²) in [6.07, 6.45) is 6.31. The fourth-order valence-electron chi connectivity index (χ4n) is 4.39. The summed E-state index contributed by atoms with van der Waals surface area (Å²) in [6.45, 7) is 3.81. The summed E-state index contributed by atoms with van der Waals surface area (Å²) in [5.74, 6) is 0.593. The highest BCUT2D eigenvalue weighted by atomic mass is 16.2. The van der Waals surface area contributed by atoms with E-state index in [1.165, 1.54) is 11.1 Å². The van der Waals surface area contributed by atoms with Crippen LogP contribution < -0.4 is 10.9 Å². The van der Waals surface area contributed by atoms with Gasteiger partial charge in [0.05, 0.1) is 6.42 Å². The molecule has 0 spiro atoms. The van der Waals surface area contributed by atoms with Crippen molar-refractivity contribution < 1.29 is 4.79 Å². The third-order valence-electron chi connectivity index (χ3n) is 5.63. The second-order valence-electron chi connectivity index (χ2n) is 7.40. The van der Waals surface area contributed by atoms with Gasteiger partial charge in [-0.15, -0.1) is 0 Å². The van der Waals surface area contributed by atoms with Crippen molar-refractivity contribution in [3.05, 3.63) is 65.5 Å². The minimum atomic E-state index is 0.236. The Morgan fingerprint density at radius 2 is 2.12 bits per heavy atom. The van der Waals surface area contributed by atoms with E-state index < -0.39 is 0 Å². The van der Waals surface area contributed by atoms with Crippen LogP contribution in [-0.4, -0.2) is 41.0 Å². The fraction of sp³-hybridized carbons (Fsp3) is 0.429. The number of pyridine rings is 1. The third kappa shape index (κ3) is 3.50. The van der Waals surface area contributed by atoms with Crippen LogP contribution in [0.15, 0.2) is 48.8 Å². The number of amides is 1. The van der Waals surface area contributed by atoms with E-state index in [0.717, 1.165) is 31.5 Å². The van der Waals surface area contributed by atoms with Crippen LogP contribution in [0.4, 0.5) is 0 Å². The first-order valence-corrected chi connectivity index (χ1v) is 9.46. The second-order valence-corrected chi connectivity index (χ2v) is 7.40. The normalized spacial score (nSPS) is 25.6. The zero-order valence-electron chi connectivity index (χ0n) is 15.2. The van der Waals surface area contributed by atoms with Gasteiger partial charge in [-0.3, -0.25) is 20.6 Å². The molecule has 2 aromatic rings. The van der Waals surface area contributed by atoms with Crippen molar-refractivity contribution in [2.24, 2.45) is 0 Å². The van der Waals surface area contributed by atoms with Crippen molar-refractivity contribution in [1.29, 1.82) is 0 Å². The number of carbonyl (C=O) groups is 1. The molecule has 5 heteroatoms. The zero-order chi connectivity index (χ0) is 17.9. The molecule has 26 heavy (non-hydrogen) atoms. The molecular formula is C21H26N4O. The Balaban J connectivity index is 1.50. The standard InChI is InChI=1S/C21H26N4O/c1-15-4-2-5-16(12-15)13-20(26)25-11-3-6-19(25)21-18(14-23-24-21)17-7-9-22-10-8-17/h2,4-5,7-10,12,18-19,21,23-24H,3,6,11,13-14H2,1H3. The van der Waals surface area contributed by atoms with Crippen molar-refractivity contribution in [2.45, 2.75) is 44.2 Å². The summed E-state index contributed by atoms with van der Waals surface area (Å²) >= 11 is 0. The minimum absolute atomic E-state index is 0.236. The third-order valence-corrected chi connectivity index (χ3v) is 5.63. The Morgan fingerprint density at radius 1 is 1.27 bits per heavy atom. The highest BCUT2D eigenvalue weighted by molar-refractivity contribution is 5.79. The molecule has 1 aromatic heterocycles. The minimum Gasteiger partial charge on any atom is -0.338 e. The molecule has 1 amide bonds. The average molecular weight is 350 g/mol. The largest absolute Gasteiger partial charge is 0.338 e. The van der Waals surface area contributed by atoms with E-state index in [9.17, 15) is 4.79 Å². The highest BCUT2D eigenvalue weighted by Gasteiger charge is 2.41. The molecule has 2 aliphatic heterocycles. The van der Waals surface area contributed by atoms with E-state index in [1.54, 1.807) is 0 Å². The van der Waals surface area contributed by atoms with E-state index in [-0.39, 0.29) is 18.0 Å². The molecule has 136 valence electrons. The number of nitrogens with one attached hydrogen (secondary N) is 2. The number of aryl methyl sites for hydroxylation is 1. The van der Waals surface area contributed by atoms with Crippen molar-refractivity contribution in [3.63, 3.8) is 0 Å². The summed E-state index contributed by atoms with van der Waals surface area (Å²) < 4.78 is 0. The van der Waals surface area contributed by atoms with Crippen molar-refractivity contribution in [3.8, 4) is 0 Å². The van der Waals surface area contributed by atoms with Crippen LogP contribution >= 0.6 is 0 Å². The molecule has 5 nitrogen and oxygen atoms in total. The zero-order valence-corrected chi connectivity index (χ0v) is 15.2. The van der Waals surface area contributed by atoms with E-state index in [1.807, 2.05) is 24.5 Å². The molecule has 3 heterocycles. The van der Waals surface area contributed by atoms with Gasteiger partial charge in [0.15, 0.2) is 0 Å². The van der Waals surface area contributed by atoms with Gasteiger partial charge in [0, 0.05) is 43.5 Å². The number of carbonyl (C=O) groups excluding carboxylic acids is 1. The molecule has 2 N–H and O–H groups in total. The fourth-order valence-corrected chi connectivity index (χ4v) is 4.39. The first-order chi connectivity index (χ1) is 12.7. The molecule has 0 bridgehead atoms. The summed E-state index contributed by atoms with van der Waals surface area (Å²) in [4.78, 5) is 19.2. The molecular weight excluding hydrogens is 324 g/mol. The molecule has 3 unspecified atom stereocenters. The van der Waals surface area contributed by atoms with E-state index in [4.69, 9.17) is 0 Å². The van der Waals surface area contributed by atoms with Crippen LogP contribution in [0.2, 0.25) is 0 Å². The summed E-state index contributed by atoms with van der Waals surface area (Å²) in [7, 11) is 0. The number of likely N-dealkylation sites (tertiary alicyclic amines) is 1. The van der Waals surface area contributed by atoms with Crippen LogP contribution in [0.25, 0.3) is 0 Å². The maximum Gasteiger partial charge on any atom is 0.227 e. The van der Waals surface area contributed by atoms with Crippen molar-refractivity contribution in [2.75, 3.05) is 13.1 Å². The molecule has 0 radical (unpaired) electrons. The summed E-state index contributed by atoms with van der Waals surface area (Å²) in [5.41, 5.74) is 10.3. The molecule has 4 rings (SSSR count). The van der Waals surface area contributed by atoms with Gasteiger partial charge in [0.2, 0.25) is 5.91 Å². The number of hydrogen-bond acceptors (Lipinski definition) is 4. The van der Waals surface area contributed by atoms with E-state index >= 15 is 0 Å². The molecule has 2 aliphatic rings. The lowest BCUT2D eigenvalue weighted by molar-refractivity contribution is -0.131. The van der Waals surface area contributed by atoms with Crippen LogP contribution in [0.1, 0.15) is 35.4 Å². The van der Waals surface area contributed by atoms with Gasteiger partial charge in [-0.2, -0.15) is 0 Å². The number of hydrogen-bond donors (Lipinski definition) is 2. The van der Waals surface area contributed by atoms with Gasteiger partial charge in [0.25, 0.3) is 0 Å². The smallest absolute Gasteiger partial charge is 0.227 e. The van der Waals surface area contributed by atoms with Gasteiger partial charge >= 0.3 is 0 Å². The predicted molar refractivity (Wildman–Crippen MR) is 102 cm³/mol. The SMILES string of the molecule is Cc1cccc(CC(=O)N2CCCC2C2NNCC2c2ccncc2)c1. The Kier molecular flexibility index (Phi) is 5.00. The van der Waals surface area contributed by atoms with Crippen LogP contribution in [0, 0.1) is 6.92 Å². The van der Waals surface area contributed by atoms with Gasteiger partial charge in [-0.25, -0.2) is 0 Å². The molecule has 3 atom stereocenters. The Morgan fingerprint density at radius 3 is 2.92 bits per heavy atom. The topological polar surface area (TPSA) is 57.3 Å². The highest BCUT2D eigenvalue weighted by Crippen LogP contribution is 2.31. The molecule has 2 saturated heterocycles. The first kappa shape index (κ1) is 17.2. The number of benzene rings is 1. The van der Waals surface area contributed by atoms with Gasteiger partial charge < -0.3 is 4.90 Å². The van der Waals surface area contributed by atoms with Gasteiger partial charge in [-0.1, -0.05) is 29.8 Å². The maximum absolute atomic E-state index is 13.0. The number of hydrazine groups is 1. The van der Waals surface area contributed by atoms with Crippen LogP contribution in [-0.2, 0) is 11.2 Å². The average Bonchev–Trinajstić information content (AvgIpc) is 3.31. The van der Waals surface area contributed by atoms with Crippen molar-refractivity contribution in [1.82, 2.24) is 20.7 Å². The molecule has 0 aliphatic carbocycles. The summed E-state index contributed by atoms with van der Waals surface area (Å²) in [6, 6.07) is 12.9. The quantitative estimate of drug-likeness (QED) is 0.887. The second kappa shape index (κ2) is 7.56. The lowest BCUT2D eigenvalue weighted by Crippen LogP contribution is -2.50. The number of nitrogens with zero attached hydrogens (tertiary/aromatic N) is 2. The molecule has 0 saturated carbocycles. The lowest BCUT2D eigenvalue weighted by Gasteiger charge is -2.32. The predicted octanol–water partition coefficient (Wildman–Crippen LogP) is 2.18. The summed E-state index contributed by atoms with van der Waals surface area (Å²) in [5, 5.41) is 0. The lowest BCUT2D eigenvalue weighted by atomic mass is 9.88.